The number of nitrogens with one attached hydrogen (secondary N) is 1. The van der Waals surface area contributed by atoms with Crippen LogP contribution < -0.4 is 10.9 Å². The van der Waals surface area contributed by atoms with Crippen LogP contribution in [0.4, 0.5) is 8.78 Å². The molecule has 4 aromatic rings. The molecule has 0 aliphatic carbocycles. The lowest BCUT2D eigenvalue weighted by Crippen LogP contribution is -2.22. The van der Waals surface area contributed by atoms with Crippen molar-refractivity contribution in [2.24, 2.45) is 7.05 Å². The number of aryl methyl sites for hydroxylation is 1. The molecule has 0 saturated carbocycles. The van der Waals surface area contributed by atoms with E-state index in [1.54, 1.807) is 37.6 Å². The standard InChI is InChI=1S/C21H16F2N4O2S/c1-27-20(29)14(8-13-2-3-15(22)16(23)9-13)10-17-21(27)30-19(26-17)18(28)25-11-12-4-6-24-7-5-12/h2-7,9-10H,8,11H2,1H3,(H,25,28). The topological polar surface area (TPSA) is 76.9 Å². The van der Waals surface area contributed by atoms with Crippen LogP contribution in [0.1, 0.15) is 26.5 Å². The Balaban J connectivity index is 1.61. The number of hydrogen-bond acceptors (Lipinski definition) is 5. The molecule has 1 N–H and O–H groups in total. The number of hydrogen-bond donors (Lipinski definition) is 1. The van der Waals surface area contributed by atoms with Gasteiger partial charge in [-0.2, -0.15) is 0 Å². The van der Waals surface area contributed by atoms with Gasteiger partial charge >= 0.3 is 0 Å². The lowest BCUT2D eigenvalue weighted by atomic mass is 10.1. The number of carbonyl (C=O) groups excluding carboxylic acids is 1. The van der Waals surface area contributed by atoms with E-state index >= 15 is 0 Å². The lowest BCUT2D eigenvalue weighted by molar-refractivity contribution is 0.0950. The summed E-state index contributed by atoms with van der Waals surface area (Å²) in [6.07, 6.45) is 3.41. The Morgan fingerprint density at radius 2 is 1.87 bits per heavy atom. The van der Waals surface area contributed by atoms with Gasteiger partial charge in [-0.05, 0) is 41.5 Å². The predicted molar refractivity (Wildman–Crippen MR) is 109 cm³/mol. The summed E-state index contributed by atoms with van der Waals surface area (Å²) < 4.78 is 28.1. The minimum Gasteiger partial charge on any atom is -0.346 e. The fourth-order valence-corrected chi connectivity index (χ4v) is 3.97. The van der Waals surface area contributed by atoms with Gasteiger partial charge in [-0.1, -0.05) is 17.4 Å². The van der Waals surface area contributed by atoms with Gasteiger partial charge in [0.05, 0.1) is 5.52 Å². The van der Waals surface area contributed by atoms with E-state index < -0.39 is 11.6 Å². The molecule has 0 aliphatic rings. The van der Waals surface area contributed by atoms with Crippen LogP contribution in [0.15, 0.2) is 53.6 Å². The molecular formula is C21H16F2N4O2S. The predicted octanol–water partition coefficient (Wildman–Crippen LogP) is 3.19. The maximum absolute atomic E-state index is 13.5. The first-order valence-corrected chi connectivity index (χ1v) is 9.84. The van der Waals surface area contributed by atoms with E-state index in [4.69, 9.17) is 0 Å². The van der Waals surface area contributed by atoms with Crippen molar-refractivity contribution < 1.29 is 13.6 Å². The second kappa shape index (κ2) is 8.11. The smallest absolute Gasteiger partial charge is 0.280 e. The molecule has 6 nitrogen and oxygen atoms in total. The SMILES string of the molecule is Cn1c(=O)c(Cc2ccc(F)c(F)c2)cc2nc(C(=O)NCc3ccncc3)sc21. The molecule has 0 aliphatic heterocycles. The maximum atomic E-state index is 13.5. The van der Waals surface area contributed by atoms with Gasteiger partial charge in [-0.15, -0.1) is 0 Å². The van der Waals surface area contributed by atoms with E-state index in [2.05, 4.69) is 15.3 Å². The minimum atomic E-state index is -0.966. The minimum absolute atomic E-state index is 0.126. The molecule has 1 aromatic carbocycles. The summed E-state index contributed by atoms with van der Waals surface area (Å²) in [6, 6.07) is 8.72. The first-order valence-electron chi connectivity index (χ1n) is 9.03. The number of benzene rings is 1. The fraction of sp³-hybridized carbons (Fsp3) is 0.143. The molecule has 9 heteroatoms. The fourth-order valence-electron chi connectivity index (χ4n) is 3.04. The molecule has 0 fully saturated rings. The van der Waals surface area contributed by atoms with Crippen molar-refractivity contribution in [3.05, 3.63) is 92.5 Å². The first kappa shape index (κ1) is 19.8. The van der Waals surface area contributed by atoms with Crippen molar-refractivity contribution in [2.75, 3.05) is 0 Å². The molecule has 3 heterocycles. The van der Waals surface area contributed by atoms with Gasteiger partial charge in [0.15, 0.2) is 16.6 Å². The van der Waals surface area contributed by atoms with Crippen LogP contribution in [0.2, 0.25) is 0 Å². The van der Waals surface area contributed by atoms with Crippen LogP contribution in [-0.4, -0.2) is 20.4 Å². The van der Waals surface area contributed by atoms with E-state index in [0.29, 0.717) is 28.0 Å². The van der Waals surface area contributed by atoms with Gasteiger partial charge in [0.25, 0.3) is 11.5 Å². The van der Waals surface area contributed by atoms with E-state index in [0.717, 1.165) is 29.0 Å². The molecule has 0 atom stereocenters. The quantitative estimate of drug-likeness (QED) is 0.532. The normalized spacial score (nSPS) is 11.0. The summed E-state index contributed by atoms with van der Waals surface area (Å²) in [5, 5.41) is 3.03. The highest BCUT2D eigenvalue weighted by molar-refractivity contribution is 7.19. The molecule has 4 rings (SSSR count). The van der Waals surface area contributed by atoms with Gasteiger partial charge < -0.3 is 9.88 Å². The Bertz CT molecular complexity index is 1300. The van der Waals surface area contributed by atoms with Gasteiger partial charge in [-0.3, -0.25) is 14.6 Å². The average Bonchev–Trinajstić information content (AvgIpc) is 3.18. The Morgan fingerprint density at radius 1 is 1.10 bits per heavy atom. The van der Waals surface area contributed by atoms with Crippen LogP contribution in [0.5, 0.6) is 0 Å². The van der Waals surface area contributed by atoms with Crippen molar-refractivity contribution in [2.45, 2.75) is 13.0 Å². The number of aromatic nitrogens is 3. The number of halogens is 2. The van der Waals surface area contributed by atoms with Gasteiger partial charge in [0, 0.05) is 38.0 Å². The van der Waals surface area contributed by atoms with Crippen LogP contribution >= 0.6 is 11.3 Å². The van der Waals surface area contributed by atoms with Crippen LogP contribution in [-0.2, 0) is 20.0 Å². The Morgan fingerprint density at radius 3 is 2.60 bits per heavy atom. The van der Waals surface area contributed by atoms with Crippen molar-refractivity contribution in [3.63, 3.8) is 0 Å². The van der Waals surface area contributed by atoms with Crippen LogP contribution in [0.3, 0.4) is 0 Å². The highest BCUT2D eigenvalue weighted by Crippen LogP contribution is 2.22. The van der Waals surface area contributed by atoms with E-state index in [-0.39, 0.29) is 22.9 Å². The van der Waals surface area contributed by atoms with Crippen molar-refractivity contribution >= 4 is 27.6 Å². The third kappa shape index (κ3) is 3.97. The molecule has 0 spiro atoms. The summed E-state index contributed by atoms with van der Waals surface area (Å²) >= 11 is 1.12. The zero-order valence-electron chi connectivity index (χ0n) is 15.9. The second-order valence-electron chi connectivity index (χ2n) is 6.71. The molecular weight excluding hydrogens is 410 g/mol. The van der Waals surface area contributed by atoms with Gasteiger partial charge in [0.1, 0.15) is 4.83 Å². The zero-order chi connectivity index (χ0) is 21.3. The summed E-state index contributed by atoms with van der Waals surface area (Å²) in [4.78, 5) is 34.0. The second-order valence-corrected chi connectivity index (χ2v) is 7.68. The molecule has 1 amide bonds. The molecule has 0 radical (unpaired) electrons. The van der Waals surface area contributed by atoms with E-state index in [9.17, 15) is 18.4 Å². The molecule has 3 aromatic heterocycles. The highest BCUT2D eigenvalue weighted by atomic mass is 32.1. The van der Waals surface area contributed by atoms with Crippen molar-refractivity contribution in [1.29, 1.82) is 0 Å². The number of pyridine rings is 2. The summed E-state index contributed by atoms with van der Waals surface area (Å²) in [5.41, 5.74) is 1.97. The van der Waals surface area contributed by atoms with Crippen LogP contribution in [0.25, 0.3) is 10.3 Å². The number of rotatable bonds is 5. The lowest BCUT2D eigenvalue weighted by Gasteiger charge is -2.05. The Kier molecular flexibility index (Phi) is 5.37. The number of amides is 1. The van der Waals surface area contributed by atoms with E-state index in [1.165, 1.54) is 10.6 Å². The Labute approximate surface area is 173 Å². The highest BCUT2D eigenvalue weighted by Gasteiger charge is 2.17. The van der Waals surface area contributed by atoms with Gasteiger partial charge in [0.2, 0.25) is 0 Å². The first-order chi connectivity index (χ1) is 14.4. The molecule has 0 bridgehead atoms. The van der Waals surface area contributed by atoms with Crippen molar-refractivity contribution in [3.8, 4) is 0 Å². The number of thiazole rings is 1. The third-order valence-electron chi connectivity index (χ3n) is 4.60. The average molecular weight is 426 g/mol. The number of fused-ring (bicyclic) bond motifs is 1. The maximum Gasteiger partial charge on any atom is 0.280 e. The van der Waals surface area contributed by atoms with Crippen molar-refractivity contribution in [1.82, 2.24) is 19.9 Å². The molecule has 0 unspecified atom stereocenters. The van der Waals surface area contributed by atoms with Gasteiger partial charge in [-0.25, -0.2) is 13.8 Å². The number of carbonyl (C=O) groups is 1. The third-order valence-corrected chi connectivity index (χ3v) is 5.75. The molecule has 152 valence electrons. The summed E-state index contributed by atoms with van der Waals surface area (Å²) in [6.45, 7) is 0.331. The Hall–Kier alpha value is -3.46. The summed E-state index contributed by atoms with van der Waals surface area (Å²) in [5.74, 6) is -2.25. The monoisotopic (exact) mass is 426 g/mol. The molecule has 30 heavy (non-hydrogen) atoms. The summed E-state index contributed by atoms with van der Waals surface area (Å²) in [7, 11) is 1.59. The van der Waals surface area contributed by atoms with Crippen LogP contribution in [0, 0.1) is 11.6 Å². The molecule has 0 saturated heterocycles. The zero-order valence-corrected chi connectivity index (χ0v) is 16.7. The largest absolute Gasteiger partial charge is 0.346 e. The van der Waals surface area contributed by atoms with E-state index in [1.807, 2.05) is 0 Å². The number of nitrogens with zero attached hydrogens (tertiary/aromatic N) is 3.